The van der Waals surface area contributed by atoms with Crippen molar-refractivity contribution in [3.8, 4) is 0 Å². The predicted molar refractivity (Wildman–Crippen MR) is 39.8 cm³/mol. The average Bonchev–Trinajstić information content (AvgIpc) is 2.17. The van der Waals surface area contributed by atoms with Gasteiger partial charge in [0.2, 0.25) is 0 Å². The Hall–Kier alpha value is 0.0500. The van der Waals surface area contributed by atoms with E-state index < -0.39 is 5.82 Å². The number of hydrogen-bond acceptors (Lipinski definition) is 5. The molecule has 0 heterocycles. The largest absolute Gasteiger partial charge is 1.00 e. The van der Waals surface area contributed by atoms with Gasteiger partial charge in [0.1, 0.15) is 12.1 Å². The molecule has 4 nitrogen and oxygen atoms in total. The van der Waals surface area contributed by atoms with E-state index in [1.807, 2.05) is 0 Å². The molecular weight excluding hydrogens is 222 g/mol. The number of carbonyl (C=O) groups is 1. The fourth-order valence-corrected chi connectivity index (χ4v) is 1.14. The molecule has 7 heteroatoms. The summed E-state index contributed by atoms with van der Waals surface area (Å²) in [5.41, 5.74) is 0.290. The third-order valence-corrected chi connectivity index (χ3v) is 1.86. The third kappa shape index (κ3) is 4.05. The normalized spacial score (nSPS) is 9.29. The molecule has 0 aliphatic carbocycles. The molecule has 0 aliphatic heterocycles. The van der Waals surface area contributed by atoms with Crippen molar-refractivity contribution in [2.75, 3.05) is 0 Å². The Morgan fingerprint density at radius 2 is 2.21 bits per heavy atom. The molecule has 1 aromatic rings. The van der Waals surface area contributed by atoms with Crippen LogP contribution in [0.1, 0.15) is 10.4 Å². The minimum Gasteiger partial charge on any atom is -0.691 e. The van der Waals surface area contributed by atoms with Gasteiger partial charge >= 0.3 is 29.6 Å². The van der Waals surface area contributed by atoms with Crippen molar-refractivity contribution >= 4 is 18.3 Å². The van der Waals surface area contributed by atoms with E-state index in [2.05, 4.69) is 9.37 Å². The van der Waals surface area contributed by atoms with Crippen LogP contribution in [0.15, 0.2) is 23.1 Å². The SMILES string of the molecule is O=Cc1ccc(F)c(SOO[O-])c1.[Na+]. The quantitative estimate of drug-likeness (QED) is 0.193. The first-order valence-corrected chi connectivity index (χ1v) is 3.90. The number of halogens is 1. The molecule has 0 radical (unpaired) electrons. The summed E-state index contributed by atoms with van der Waals surface area (Å²) < 4.78 is 16.8. The second-order valence-electron chi connectivity index (χ2n) is 2.03. The molecule has 0 aromatic heterocycles. The van der Waals surface area contributed by atoms with Crippen molar-refractivity contribution in [2.24, 2.45) is 0 Å². The average molecular weight is 226 g/mol. The molecule has 0 amide bonds. The van der Waals surface area contributed by atoms with Gasteiger partial charge < -0.3 is 5.26 Å². The summed E-state index contributed by atoms with van der Waals surface area (Å²) in [5.74, 6) is -0.590. The number of hydrogen-bond donors (Lipinski definition) is 0. The molecule has 0 unspecified atom stereocenters. The van der Waals surface area contributed by atoms with Gasteiger partial charge in [-0.25, -0.2) is 4.39 Å². The van der Waals surface area contributed by atoms with Crippen LogP contribution in [0.5, 0.6) is 0 Å². The summed E-state index contributed by atoms with van der Waals surface area (Å²) in [5, 5.41) is 12.5. The summed E-state index contributed by atoms with van der Waals surface area (Å²) in [4.78, 5) is 10.3. The molecule has 0 atom stereocenters. The van der Waals surface area contributed by atoms with Gasteiger partial charge in [-0.1, -0.05) is 0 Å². The number of carbonyl (C=O) groups excluding carboxylic acids is 1. The minimum absolute atomic E-state index is 0. The Balaban J connectivity index is 0.00000169. The zero-order valence-corrected chi connectivity index (χ0v) is 10.0. The van der Waals surface area contributed by atoms with Crippen LogP contribution >= 0.6 is 12.0 Å². The molecule has 0 bridgehead atoms. The van der Waals surface area contributed by atoms with Gasteiger partial charge in [-0.05, 0) is 18.2 Å². The van der Waals surface area contributed by atoms with Crippen molar-refractivity contribution in [2.45, 2.75) is 4.90 Å². The standard InChI is InChI=1S/C7H5FO4S.Na/c8-6-2-1-5(4-9)3-7(6)13-12-11-10;/h1-4,10H;/q;+1/p-1. The maximum absolute atomic E-state index is 12.9. The monoisotopic (exact) mass is 226 g/mol. The molecule has 0 fully saturated rings. The topological polar surface area (TPSA) is 58.6 Å². The first-order chi connectivity index (χ1) is 6.27. The Kier molecular flexibility index (Phi) is 7.38. The molecular formula is C7H4FNaO4S. The first-order valence-electron chi connectivity index (χ1n) is 3.16. The molecule has 1 aromatic carbocycles. The van der Waals surface area contributed by atoms with Crippen LogP contribution < -0.4 is 34.8 Å². The summed E-state index contributed by atoms with van der Waals surface area (Å²) in [6, 6.07) is 3.65. The van der Waals surface area contributed by atoms with Crippen molar-refractivity contribution in [1.82, 2.24) is 0 Å². The van der Waals surface area contributed by atoms with E-state index in [1.165, 1.54) is 12.1 Å². The van der Waals surface area contributed by atoms with Crippen molar-refractivity contribution in [3.05, 3.63) is 29.6 Å². The van der Waals surface area contributed by atoms with Gasteiger partial charge in [0.15, 0.2) is 0 Å². The van der Waals surface area contributed by atoms with Gasteiger partial charge in [0, 0.05) is 5.56 Å². The van der Waals surface area contributed by atoms with E-state index in [-0.39, 0.29) is 34.5 Å². The van der Waals surface area contributed by atoms with Crippen molar-refractivity contribution < 1.29 is 53.4 Å². The van der Waals surface area contributed by atoms with Gasteiger partial charge in [-0.3, -0.25) is 9.83 Å². The van der Waals surface area contributed by atoms with Crippen LogP contribution in [-0.2, 0) is 9.37 Å². The molecule has 0 N–H and O–H groups in total. The van der Waals surface area contributed by atoms with Crippen LogP contribution in [0.4, 0.5) is 4.39 Å². The fourth-order valence-electron chi connectivity index (χ4n) is 0.708. The Morgan fingerprint density at radius 3 is 2.79 bits per heavy atom. The Bertz CT molecular complexity index is 310. The maximum Gasteiger partial charge on any atom is 1.00 e. The molecule has 1 rings (SSSR count). The second kappa shape index (κ2) is 7.36. The third-order valence-electron chi connectivity index (χ3n) is 1.24. The molecule has 70 valence electrons. The number of benzene rings is 1. The summed E-state index contributed by atoms with van der Waals surface area (Å²) in [6.07, 6.45) is 0.557. The summed E-state index contributed by atoms with van der Waals surface area (Å²) in [7, 11) is 0. The van der Waals surface area contributed by atoms with Crippen LogP contribution in [0.3, 0.4) is 0 Å². The smallest absolute Gasteiger partial charge is 0.691 e. The predicted octanol–water partition coefficient (Wildman–Crippen LogP) is -2.13. The van der Waals surface area contributed by atoms with Gasteiger partial charge in [0.05, 0.1) is 16.9 Å². The molecule has 0 saturated heterocycles. The van der Waals surface area contributed by atoms with Crippen LogP contribution in [0, 0.1) is 5.82 Å². The molecule has 14 heavy (non-hydrogen) atoms. The Labute approximate surface area is 106 Å². The fraction of sp³-hybridized carbons (Fsp3) is 0. The van der Waals surface area contributed by atoms with E-state index in [1.54, 1.807) is 0 Å². The van der Waals surface area contributed by atoms with Crippen LogP contribution in [-0.4, -0.2) is 6.29 Å². The number of aldehydes is 1. The molecule has 0 saturated carbocycles. The van der Waals surface area contributed by atoms with Gasteiger partial charge in [0.25, 0.3) is 0 Å². The summed E-state index contributed by atoms with van der Waals surface area (Å²) >= 11 is 0.408. The second-order valence-corrected chi connectivity index (χ2v) is 2.77. The first kappa shape index (κ1) is 14.0. The van der Waals surface area contributed by atoms with E-state index in [0.717, 1.165) is 6.07 Å². The van der Waals surface area contributed by atoms with Crippen molar-refractivity contribution in [3.63, 3.8) is 0 Å². The maximum atomic E-state index is 12.9. The van der Waals surface area contributed by atoms with Crippen LogP contribution in [0.2, 0.25) is 0 Å². The minimum atomic E-state index is -0.590. The van der Waals surface area contributed by atoms with Crippen LogP contribution in [0.25, 0.3) is 0 Å². The van der Waals surface area contributed by atoms with Gasteiger partial charge in [-0.15, -0.1) is 0 Å². The summed E-state index contributed by atoms with van der Waals surface area (Å²) in [6.45, 7) is 0. The van der Waals surface area contributed by atoms with E-state index in [9.17, 15) is 14.4 Å². The zero-order chi connectivity index (χ0) is 9.68. The molecule has 0 aliphatic rings. The van der Waals surface area contributed by atoms with Crippen molar-refractivity contribution in [1.29, 1.82) is 0 Å². The van der Waals surface area contributed by atoms with Gasteiger partial charge in [-0.2, -0.15) is 4.33 Å². The van der Waals surface area contributed by atoms with E-state index in [0.29, 0.717) is 23.9 Å². The Morgan fingerprint density at radius 1 is 1.50 bits per heavy atom. The zero-order valence-electron chi connectivity index (χ0n) is 7.23. The molecule has 0 spiro atoms. The van der Waals surface area contributed by atoms with E-state index in [4.69, 9.17) is 0 Å². The van der Waals surface area contributed by atoms with E-state index >= 15 is 0 Å². The number of rotatable bonds is 4.